The van der Waals surface area contributed by atoms with Crippen molar-refractivity contribution in [2.45, 2.75) is 52.0 Å². The molecule has 0 aromatic rings. The molecule has 0 aromatic carbocycles. The first kappa shape index (κ1) is 13.0. The van der Waals surface area contributed by atoms with E-state index in [0.29, 0.717) is 11.8 Å². The van der Waals surface area contributed by atoms with E-state index in [2.05, 4.69) is 19.2 Å². The summed E-state index contributed by atoms with van der Waals surface area (Å²) < 4.78 is 0. The van der Waals surface area contributed by atoms with Crippen molar-refractivity contribution in [3.05, 3.63) is 0 Å². The van der Waals surface area contributed by atoms with E-state index in [-0.39, 0.29) is 24.8 Å². The van der Waals surface area contributed by atoms with Crippen molar-refractivity contribution >= 4 is 11.9 Å². The van der Waals surface area contributed by atoms with Crippen LogP contribution in [0.5, 0.6) is 0 Å². The molecule has 1 rings (SSSR count). The number of carbonyl (C=O) groups is 2. The van der Waals surface area contributed by atoms with Gasteiger partial charge in [-0.2, -0.15) is 0 Å². The molecule has 4 heteroatoms. The lowest BCUT2D eigenvalue weighted by Gasteiger charge is -2.34. The molecule has 1 fully saturated rings. The van der Waals surface area contributed by atoms with Gasteiger partial charge in [-0.15, -0.1) is 0 Å². The SMILES string of the molecule is C[C@H]1[C@H](C)CCC[C@H]1NC(=O)CCC(=O)O. The Kier molecular flexibility index (Phi) is 4.77. The number of rotatable bonds is 4. The summed E-state index contributed by atoms with van der Waals surface area (Å²) in [4.78, 5) is 21.8. The Morgan fingerprint density at radius 2 is 1.94 bits per heavy atom. The molecule has 3 atom stereocenters. The first-order chi connectivity index (χ1) is 7.50. The second-order valence-electron chi connectivity index (χ2n) is 4.84. The summed E-state index contributed by atoms with van der Waals surface area (Å²) in [6.07, 6.45) is 3.40. The minimum absolute atomic E-state index is 0.0809. The van der Waals surface area contributed by atoms with E-state index < -0.39 is 5.97 Å². The van der Waals surface area contributed by atoms with Gasteiger partial charge in [0, 0.05) is 12.5 Å². The predicted octanol–water partition coefficient (Wildman–Crippen LogP) is 1.79. The van der Waals surface area contributed by atoms with Crippen molar-refractivity contribution in [3.8, 4) is 0 Å². The standard InChI is InChI=1S/C12H21NO3/c1-8-4-3-5-10(9(8)2)13-11(14)6-7-12(15)16/h8-10H,3-7H2,1-2H3,(H,13,14)(H,15,16)/t8-,9+,10-/m1/s1. The highest BCUT2D eigenvalue weighted by molar-refractivity contribution is 5.80. The van der Waals surface area contributed by atoms with Crippen LogP contribution in [0.15, 0.2) is 0 Å². The van der Waals surface area contributed by atoms with Crippen molar-refractivity contribution in [2.24, 2.45) is 11.8 Å². The number of amides is 1. The summed E-state index contributed by atoms with van der Waals surface area (Å²) in [7, 11) is 0. The average Bonchev–Trinajstić information content (AvgIpc) is 2.22. The van der Waals surface area contributed by atoms with Crippen LogP contribution >= 0.6 is 0 Å². The Labute approximate surface area is 96.4 Å². The van der Waals surface area contributed by atoms with Gasteiger partial charge < -0.3 is 10.4 Å². The van der Waals surface area contributed by atoms with Gasteiger partial charge in [0.2, 0.25) is 5.91 Å². The fraction of sp³-hybridized carbons (Fsp3) is 0.833. The van der Waals surface area contributed by atoms with Gasteiger partial charge in [0.15, 0.2) is 0 Å². The van der Waals surface area contributed by atoms with Crippen molar-refractivity contribution in [1.82, 2.24) is 5.32 Å². The number of aliphatic carboxylic acids is 1. The molecule has 2 N–H and O–H groups in total. The molecule has 0 aromatic heterocycles. The largest absolute Gasteiger partial charge is 0.481 e. The van der Waals surface area contributed by atoms with Crippen LogP contribution in [0.1, 0.15) is 46.0 Å². The zero-order chi connectivity index (χ0) is 12.1. The average molecular weight is 227 g/mol. The van der Waals surface area contributed by atoms with E-state index in [9.17, 15) is 9.59 Å². The molecule has 1 aliphatic rings. The number of nitrogens with one attached hydrogen (secondary N) is 1. The third-order valence-corrected chi connectivity index (χ3v) is 3.62. The highest BCUT2D eigenvalue weighted by Crippen LogP contribution is 2.29. The molecule has 92 valence electrons. The van der Waals surface area contributed by atoms with E-state index in [4.69, 9.17) is 5.11 Å². The minimum Gasteiger partial charge on any atom is -0.481 e. The predicted molar refractivity (Wildman–Crippen MR) is 61.0 cm³/mol. The van der Waals surface area contributed by atoms with E-state index in [1.807, 2.05) is 0 Å². The van der Waals surface area contributed by atoms with Crippen LogP contribution < -0.4 is 5.32 Å². The molecule has 0 bridgehead atoms. The molecule has 0 unspecified atom stereocenters. The van der Waals surface area contributed by atoms with Crippen LogP contribution in [0.2, 0.25) is 0 Å². The van der Waals surface area contributed by atoms with Crippen molar-refractivity contribution in [2.75, 3.05) is 0 Å². The fourth-order valence-corrected chi connectivity index (χ4v) is 2.29. The minimum atomic E-state index is -0.916. The summed E-state index contributed by atoms with van der Waals surface area (Å²) in [5.74, 6) is 0.0783. The van der Waals surface area contributed by atoms with Crippen LogP contribution in [-0.4, -0.2) is 23.0 Å². The van der Waals surface area contributed by atoms with Gasteiger partial charge in [-0.25, -0.2) is 0 Å². The number of hydrogen-bond donors (Lipinski definition) is 2. The van der Waals surface area contributed by atoms with E-state index in [0.717, 1.165) is 12.8 Å². The third kappa shape index (κ3) is 3.83. The van der Waals surface area contributed by atoms with Gasteiger partial charge in [0.1, 0.15) is 0 Å². The molecule has 0 spiro atoms. The lowest BCUT2D eigenvalue weighted by Crippen LogP contribution is -2.43. The van der Waals surface area contributed by atoms with E-state index in [1.165, 1.54) is 6.42 Å². The molecule has 4 nitrogen and oxygen atoms in total. The smallest absolute Gasteiger partial charge is 0.303 e. The number of carboxylic acid groups (broad SMARTS) is 1. The Morgan fingerprint density at radius 1 is 1.25 bits per heavy atom. The summed E-state index contributed by atoms with van der Waals surface area (Å²) >= 11 is 0. The molecule has 0 saturated heterocycles. The fourth-order valence-electron chi connectivity index (χ4n) is 2.29. The highest BCUT2D eigenvalue weighted by atomic mass is 16.4. The molecular formula is C12H21NO3. The zero-order valence-corrected chi connectivity index (χ0v) is 10.0. The van der Waals surface area contributed by atoms with E-state index in [1.54, 1.807) is 0 Å². The number of hydrogen-bond acceptors (Lipinski definition) is 2. The van der Waals surface area contributed by atoms with Crippen molar-refractivity contribution < 1.29 is 14.7 Å². The summed E-state index contributed by atoms with van der Waals surface area (Å²) in [5.41, 5.74) is 0. The Morgan fingerprint density at radius 3 is 2.56 bits per heavy atom. The zero-order valence-electron chi connectivity index (χ0n) is 10.0. The lowest BCUT2D eigenvalue weighted by molar-refractivity contribution is -0.139. The third-order valence-electron chi connectivity index (χ3n) is 3.62. The molecular weight excluding hydrogens is 206 g/mol. The van der Waals surface area contributed by atoms with E-state index >= 15 is 0 Å². The molecule has 1 aliphatic carbocycles. The van der Waals surface area contributed by atoms with Crippen LogP contribution in [-0.2, 0) is 9.59 Å². The summed E-state index contributed by atoms with van der Waals surface area (Å²) in [5, 5.41) is 11.4. The van der Waals surface area contributed by atoms with Gasteiger partial charge in [-0.3, -0.25) is 9.59 Å². The topological polar surface area (TPSA) is 66.4 Å². The summed E-state index contributed by atoms with van der Waals surface area (Å²) in [6.45, 7) is 4.37. The van der Waals surface area contributed by atoms with Gasteiger partial charge in [0.05, 0.1) is 6.42 Å². The number of carboxylic acids is 1. The normalized spacial score (nSPS) is 29.8. The first-order valence-corrected chi connectivity index (χ1v) is 6.02. The Hall–Kier alpha value is -1.06. The monoisotopic (exact) mass is 227 g/mol. The van der Waals surface area contributed by atoms with Crippen molar-refractivity contribution in [3.63, 3.8) is 0 Å². The van der Waals surface area contributed by atoms with Gasteiger partial charge in [-0.05, 0) is 18.3 Å². The van der Waals surface area contributed by atoms with Gasteiger partial charge >= 0.3 is 5.97 Å². The van der Waals surface area contributed by atoms with Crippen LogP contribution in [0.25, 0.3) is 0 Å². The van der Waals surface area contributed by atoms with Gasteiger partial charge in [-0.1, -0.05) is 26.7 Å². The first-order valence-electron chi connectivity index (χ1n) is 6.02. The molecule has 1 amide bonds. The lowest BCUT2D eigenvalue weighted by atomic mass is 9.78. The molecule has 0 heterocycles. The maximum atomic E-state index is 11.5. The molecule has 0 aliphatic heterocycles. The highest BCUT2D eigenvalue weighted by Gasteiger charge is 2.27. The molecule has 0 radical (unpaired) electrons. The van der Waals surface area contributed by atoms with Crippen molar-refractivity contribution in [1.29, 1.82) is 0 Å². The molecule has 1 saturated carbocycles. The van der Waals surface area contributed by atoms with Crippen LogP contribution in [0, 0.1) is 11.8 Å². The maximum Gasteiger partial charge on any atom is 0.303 e. The number of carbonyl (C=O) groups excluding carboxylic acids is 1. The Balaban J connectivity index is 2.35. The quantitative estimate of drug-likeness (QED) is 0.769. The second kappa shape index (κ2) is 5.87. The second-order valence-corrected chi connectivity index (χ2v) is 4.84. The van der Waals surface area contributed by atoms with Gasteiger partial charge in [0.25, 0.3) is 0 Å². The Bertz CT molecular complexity index is 265. The van der Waals surface area contributed by atoms with Crippen LogP contribution in [0.3, 0.4) is 0 Å². The van der Waals surface area contributed by atoms with Crippen LogP contribution in [0.4, 0.5) is 0 Å². The maximum absolute atomic E-state index is 11.5. The molecule has 16 heavy (non-hydrogen) atoms. The summed E-state index contributed by atoms with van der Waals surface area (Å²) in [6, 6.07) is 0.227.